The number of hydrogen-bond acceptors (Lipinski definition) is 3. The predicted octanol–water partition coefficient (Wildman–Crippen LogP) is 2.44. The third kappa shape index (κ3) is 2.16. The minimum absolute atomic E-state index is 0.678. The number of nitriles is 1. The van der Waals surface area contributed by atoms with Crippen molar-refractivity contribution in [1.29, 1.82) is 5.26 Å². The summed E-state index contributed by atoms with van der Waals surface area (Å²) in [7, 11) is 0. The van der Waals surface area contributed by atoms with Gasteiger partial charge >= 0.3 is 0 Å². The molecule has 3 nitrogen and oxygen atoms in total. The number of piperidine rings is 1. The fraction of sp³-hybridized carbons (Fsp3) is 0.538. The van der Waals surface area contributed by atoms with Crippen LogP contribution in [0.2, 0.25) is 0 Å². The number of rotatable bonds is 1. The zero-order chi connectivity index (χ0) is 11.5. The molecular weight excluding hydrogens is 198 g/mol. The number of pyridine rings is 1. The molecule has 2 rings (SSSR count). The quantitative estimate of drug-likeness (QED) is 0.722. The van der Waals surface area contributed by atoms with E-state index in [1.165, 1.54) is 6.42 Å². The van der Waals surface area contributed by atoms with E-state index in [-0.39, 0.29) is 0 Å². The van der Waals surface area contributed by atoms with E-state index >= 15 is 0 Å². The maximum absolute atomic E-state index is 9.06. The first-order valence-electron chi connectivity index (χ1n) is 5.80. The van der Waals surface area contributed by atoms with Gasteiger partial charge in [-0.05, 0) is 30.4 Å². The molecule has 1 aliphatic rings. The summed E-state index contributed by atoms with van der Waals surface area (Å²) in [5.74, 6) is 2.21. The molecule has 2 heterocycles. The molecule has 3 heteroatoms. The van der Waals surface area contributed by atoms with Crippen LogP contribution in [0.5, 0.6) is 0 Å². The van der Waals surface area contributed by atoms with Crippen molar-refractivity contribution in [3.63, 3.8) is 0 Å². The molecule has 84 valence electrons. The Morgan fingerprint density at radius 2 is 2.06 bits per heavy atom. The van der Waals surface area contributed by atoms with Crippen LogP contribution in [-0.4, -0.2) is 18.1 Å². The zero-order valence-electron chi connectivity index (χ0n) is 9.85. The van der Waals surface area contributed by atoms with E-state index < -0.39 is 0 Å². The SMILES string of the molecule is C[C@@H]1C[C@H](C)CN(c2ncccc2C#N)C1. The summed E-state index contributed by atoms with van der Waals surface area (Å²) in [6.07, 6.45) is 3.03. The molecule has 1 saturated heterocycles. The van der Waals surface area contributed by atoms with Gasteiger partial charge in [-0.1, -0.05) is 13.8 Å². The fourth-order valence-electron chi connectivity index (χ4n) is 2.57. The second-order valence-electron chi connectivity index (χ2n) is 4.84. The lowest BCUT2D eigenvalue weighted by Gasteiger charge is -2.36. The molecule has 0 aromatic carbocycles. The number of nitrogens with zero attached hydrogens (tertiary/aromatic N) is 3. The maximum Gasteiger partial charge on any atom is 0.146 e. The second-order valence-corrected chi connectivity index (χ2v) is 4.84. The summed E-state index contributed by atoms with van der Waals surface area (Å²) in [5, 5.41) is 9.06. The van der Waals surface area contributed by atoms with Crippen molar-refractivity contribution in [1.82, 2.24) is 4.98 Å². The molecule has 1 fully saturated rings. The summed E-state index contributed by atoms with van der Waals surface area (Å²) >= 11 is 0. The molecule has 0 spiro atoms. The molecule has 1 aromatic rings. The van der Waals surface area contributed by atoms with E-state index in [2.05, 4.69) is 29.8 Å². The van der Waals surface area contributed by atoms with E-state index in [1.807, 2.05) is 12.1 Å². The minimum atomic E-state index is 0.678. The average Bonchev–Trinajstić information content (AvgIpc) is 2.27. The van der Waals surface area contributed by atoms with Gasteiger partial charge in [-0.2, -0.15) is 5.26 Å². The molecule has 1 aliphatic heterocycles. The summed E-state index contributed by atoms with van der Waals surface area (Å²) in [5.41, 5.74) is 0.684. The van der Waals surface area contributed by atoms with Gasteiger partial charge in [0.05, 0.1) is 5.56 Å². The normalized spacial score (nSPS) is 25.2. The summed E-state index contributed by atoms with van der Waals surface area (Å²) < 4.78 is 0. The molecule has 0 N–H and O–H groups in total. The van der Waals surface area contributed by atoms with Gasteiger partial charge in [0.25, 0.3) is 0 Å². The lowest BCUT2D eigenvalue weighted by molar-refractivity contribution is 0.355. The Labute approximate surface area is 96.7 Å². The van der Waals surface area contributed by atoms with Gasteiger partial charge < -0.3 is 4.90 Å². The summed E-state index contributed by atoms with van der Waals surface area (Å²) in [6, 6.07) is 5.88. The Morgan fingerprint density at radius 3 is 2.69 bits per heavy atom. The molecule has 0 saturated carbocycles. The van der Waals surface area contributed by atoms with Crippen molar-refractivity contribution in [2.24, 2.45) is 11.8 Å². The second kappa shape index (κ2) is 4.52. The van der Waals surface area contributed by atoms with Crippen molar-refractivity contribution in [2.75, 3.05) is 18.0 Å². The van der Waals surface area contributed by atoms with Crippen LogP contribution in [-0.2, 0) is 0 Å². The first-order valence-corrected chi connectivity index (χ1v) is 5.80. The predicted molar refractivity (Wildman–Crippen MR) is 64.1 cm³/mol. The topological polar surface area (TPSA) is 39.9 Å². The van der Waals surface area contributed by atoms with Crippen LogP contribution in [0.3, 0.4) is 0 Å². The highest BCUT2D eigenvalue weighted by Gasteiger charge is 2.24. The van der Waals surface area contributed by atoms with Crippen LogP contribution in [0.4, 0.5) is 5.82 Å². The van der Waals surface area contributed by atoms with Gasteiger partial charge in [0, 0.05) is 19.3 Å². The molecule has 16 heavy (non-hydrogen) atoms. The van der Waals surface area contributed by atoms with Crippen LogP contribution in [0.25, 0.3) is 0 Å². The number of aromatic nitrogens is 1. The monoisotopic (exact) mass is 215 g/mol. The average molecular weight is 215 g/mol. The molecule has 0 amide bonds. The number of anilines is 1. The van der Waals surface area contributed by atoms with E-state index in [9.17, 15) is 0 Å². The zero-order valence-corrected chi connectivity index (χ0v) is 9.85. The van der Waals surface area contributed by atoms with Gasteiger partial charge in [0.15, 0.2) is 0 Å². The van der Waals surface area contributed by atoms with Crippen LogP contribution in [0.1, 0.15) is 25.8 Å². The first-order chi connectivity index (χ1) is 7.70. The van der Waals surface area contributed by atoms with E-state index in [0.717, 1.165) is 18.9 Å². The van der Waals surface area contributed by atoms with Crippen LogP contribution < -0.4 is 4.90 Å². The van der Waals surface area contributed by atoms with Crippen LogP contribution >= 0.6 is 0 Å². The summed E-state index contributed by atoms with van der Waals surface area (Å²) in [4.78, 5) is 6.59. The maximum atomic E-state index is 9.06. The largest absolute Gasteiger partial charge is 0.355 e. The standard InChI is InChI=1S/C13H17N3/c1-10-6-11(2)9-16(8-10)13-12(7-14)4-3-5-15-13/h3-5,10-11H,6,8-9H2,1-2H3/t10-,11+. The third-order valence-corrected chi connectivity index (χ3v) is 3.08. The highest BCUT2D eigenvalue weighted by molar-refractivity contribution is 5.53. The smallest absolute Gasteiger partial charge is 0.146 e. The lowest BCUT2D eigenvalue weighted by atomic mass is 9.92. The molecular formula is C13H17N3. The number of hydrogen-bond donors (Lipinski definition) is 0. The van der Waals surface area contributed by atoms with Crippen molar-refractivity contribution in [3.05, 3.63) is 23.9 Å². The van der Waals surface area contributed by atoms with E-state index in [0.29, 0.717) is 17.4 Å². The van der Waals surface area contributed by atoms with Crippen LogP contribution in [0.15, 0.2) is 18.3 Å². The Balaban J connectivity index is 2.26. The third-order valence-electron chi connectivity index (χ3n) is 3.08. The van der Waals surface area contributed by atoms with E-state index in [1.54, 1.807) is 6.20 Å². The molecule has 0 aliphatic carbocycles. The summed E-state index contributed by atoms with van der Waals surface area (Å²) in [6.45, 7) is 6.54. The van der Waals surface area contributed by atoms with E-state index in [4.69, 9.17) is 5.26 Å². The Morgan fingerprint density at radius 1 is 1.38 bits per heavy atom. The van der Waals surface area contributed by atoms with Gasteiger partial charge in [0.1, 0.15) is 11.9 Å². The highest BCUT2D eigenvalue weighted by atomic mass is 15.2. The van der Waals surface area contributed by atoms with Gasteiger partial charge in [-0.3, -0.25) is 0 Å². The molecule has 2 atom stereocenters. The molecule has 0 bridgehead atoms. The highest BCUT2D eigenvalue weighted by Crippen LogP contribution is 2.26. The molecule has 1 aromatic heterocycles. The minimum Gasteiger partial charge on any atom is -0.355 e. The molecule has 0 unspecified atom stereocenters. The van der Waals surface area contributed by atoms with Gasteiger partial charge in [-0.15, -0.1) is 0 Å². The van der Waals surface area contributed by atoms with Gasteiger partial charge in [0.2, 0.25) is 0 Å². The van der Waals surface area contributed by atoms with Crippen molar-refractivity contribution in [2.45, 2.75) is 20.3 Å². The Hall–Kier alpha value is -1.56. The Kier molecular flexibility index (Phi) is 3.09. The van der Waals surface area contributed by atoms with Gasteiger partial charge in [-0.25, -0.2) is 4.98 Å². The fourth-order valence-corrected chi connectivity index (χ4v) is 2.57. The first kappa shape index (κ1) is 10.9. The van der Waals surface area contributed by atoms with Crippen molar-refractivity contribution < 1.29 is 0 Å². The van der Waals surface area contributed by atoms with Crippen LogP contribution in [0, 0.1) is 23.2 Å². The lowest BCUT2D eigenvalue weighted by Crippen LogP contribution is -2.39. The van der Waals surface area contributed by atoms with Crippen molar-refractivity contribution >= 4 is 5.82 Å². The molecule has 0 radical (unpaired) electrons. The van der Waals surface area contributed by atoms with Crippen molar-refractivity contribution in [3.8, 4) is 6.07 Å². The Bertz CT molecular complexity index is 398.